The predicted octanol–water partition coefficient (Wildman–Crippen LogP) is 3.35. The molecule has 1 atom stereocenters. The van der Waals surface area contributed by atoms with Gasteiger partial charge in [0.2, 0.25) is 0 Å². The van der Waals surface area contributed by atoms with Crippen molar-refractivity contribution in [2.75, 3.05) is 5.73 Å². The van der Waals surface area contributed by atoms with Gasteiger partial charge in [0, 0.05) is 11.8 Å². The molecule has 0 radical (unpaired) electrons. The number of rotatable bonds is 3. The second-order valence-corrected chi connectivity index (χ2v) is 4.91. The molecule has 0 saturated carbocycles. The average Bonchev–Trinajstić information content (AvgIpc) is 2.43. The standard InChI is InChI=1S/C16H16F2N2O/c1-9-5-3-4-6-11(9)10(2)20-16(21)12-7-13(17)14(18)8-15(12)19/h3-8,10H,19H2,1-2H3,(H,20,21). The van der Waals surface area contributed by atoms with E-state index >= 15 is 0 Å². The Morgan fingerprint density at radius 3 is 2.48 bits per heavy atom. The van der Waals surface area contributed by atoms with Crippen molar-refractivity contribution < 1.29 is 13.6 Å². The van der Waals surface area contributed by atoms with Gasteiger partial charge < -0.3 is 11.1 Å². The van der Waals surface area contributed by atoms with Crippen molar-refractivity contribution >= 4 is 11.6 Å². The van der Waals surface area contributed by atoms with E-state index in [0.717, 1.165) is 23.3 Å². The third kappa shape index (κ3) is 3.18. The number of carbonyl (C=O) groups is 1. The van der Waals surface area contributed by atoms with Gasteiger partial charge in [0.25, 0.3) is 5.91 Å². The first kappa shape index (κ1) is 15.0. The fourth-order valence-corrected chi connectivity index (χ4v) is 2.18. The Morgan fingerprint density at radius 1 is 1.19 bits per heavy atom. The fourth-order valence-electron chi connectivity index (χ4n) is 2.18. The van der Waals surface area contributed by atoms with Crippen LogP contribution in [0.2, 0.25) is 0 Å². The third-order valence-corrected chi connectivity index (χ3v) is 3.34. The van der Waals surface area contributed by atoms with E-state index in [4.69, 9.17) is 5.73 Å². The molecule has 0 aliphatic heterocycles. The topological polar surface area (TPSA) is 55.1 Å². The van der Waals surface area contributed by atoms with E-state index in [1.54, 1.807) is 0 Å². The summed E-state index contributed by atoms with van der Waals surface area (Å²) in [6.07, 6.45) is 0. The van der Waals surface area contributed by atoms with Gasteiger partial charge in [0.05, 0.1) is 11.6 Å². The summed E-state index contributed by atoms with van der Waals surface area (Å²) in [6, 6.07) is 8.95. The second kappa shape index (κ2) is 5.91. The Balaban J connectivity index is 2.22. The van der Waals surface area contributed by atoms with Crippen molar-refractivity contribution in [3.8, 4) is 0 Å². The average molecular weight is 290 g/mol. The maximum absolute atomic E-state index is 13.2. The number of amides is 1. The molecular formula is C16H16F2N2O. The number of aryl methyl sites for hydroxylation is 1. The molecule has 2 rings (SSSR count). The highest BCUT2D eigenvalue weighted by Gasteiger charge is 2.17. The summed E-state index contributed by atoms with van der Waals surface area (Å²) >= 11 is 0. The van der Waals surface area contributed by atoms with Crippen LogP contribution in [-0.4, -0.2) is 5.91 Å². The molecule has 110 valence electrons. The maximum atomic E-state index is 13.2. The van der Waals surface area contributed by atoms with Crippen molar-refractivity contribution in [1.82, 2.24) is 5.32 Å². The number of hydrogen-bond acceptors (Lipinski definition) is 2. The molecule has 0 saturated heterocycles. The molecule has 3 nitrogen and oxygen atoms in total. The minimum Gasteiger partial charge on any atom is -0.398 e. The Labute approximate surface area is 121 Å². The molecule has 2 aromatic carbocycles. The molecule has 0 aromatic heterocycles. The highest BCUT2D eigenvalue weighted by Crippen LogP contribution is 2.20. The minimum atomic E-state index is -1.10. The molecule has 0 spiro atoms. The number of benzene rings is 2. The summed E-state index contributed by atoms with van der Waals surface area (Å²) in [4.78, 5) is 12.1. The predicted molar refractivity (Wildman–Crippen MR) is 77.8 cm³/mol. The van der Waals surface area contributed by atoms with Crippen LogP contribution in [-0.2, 0) is 0 Å². The molecule has 1 amide bonds. The number of carbonyl (C=O) groups excluding carboxylic acids is 1. The van der Waals surface area contributed by atoms with Crippen LogP contribution < -0.4 is 11.1 Å². The van der Waals surface area contributed by atoms with Crippen molar-refractivity contribution in [3.63, 3.8) is 0 Å². The summed E-state index contributed by atoms with van der Waals surface area (Å²) in [6.45, 7) is 3.75. The number of anilines is 1. The van der Waals surface area contributed by atoms with Crippen LogP contribution in [0.5, 0.6) is 0 Å². The molecule has 0 bridgehead atoms. The highest BCUT2D eigenvalue weighted by atomic mass is 19.2. The van der Waals surface area contributed by atoms with E-state index in [1.165, 1.54) is 0 Å². The molecule has 3 N–H and O–H groups in total. The molecule has 0 aliphatic rings. The third-order valence-electron chi connectivity index (χ3n) is 3.34. The Hall–Kier alpha value is -2.43. The summed E-state index contributed by atoms with van der Waals surface area (Å²) < 4.78 is 26.3. The molecule has 0 heterocycles. The van der Waals surface area contributed by atoms with E-state index in [-0.39, 0.29) is 17.3 Å². The second-order valence-electron chi connectivity index (χ2n) is 4.91. The van der Waals surface area contributed by atoms with Gasteiger partial charge in [-0.15, -0.1) is 0 Å². The van der Waals surface area contributed by atoms with Gasteiger partial charge in [-0.1, -0.05) is 24.3 Å². The summed E-state index contributed by atoms with van der Waals surface area (Å²) in [5.41, 5.74) is 7.38. The summed E-state index contributed by atoms with van der Waals surface area (Å²) in [7, 11) is 0. The number of halogens is 2. The lowest BCUT2D eigenvalue weighted by molar-refractivity contribution is 0.0940. The molecular weight excluding hydrogens is 274 g/mol. The van der Waals surface area contributed by atoms with Gasteiger partial charge >= 0.3 is 0 Å². The zero-order chi connectivity index (χ0) is 15.6. The quantitative estimate of drug-likeness (QED) is 0.852. The molecule has 0 fully saturated rings. The SMILES string of the molecule is Cc1ccccc1C(C)NC(=O)c1cc(F)c(F)cc1N. The highest BCUT2D eigenvalue weighted by molar-refractivity contribution is 5.99. The number of nitrogens with two attached hydrogens (primary N) is 1. The van der Waals surface area contributed by atoms with E-state index < -0.39 is 17.5 Å². The fraction of sp³-hybridized carbons (Fsp3) is 0.188. The monoisotopic (exact) mass is 290 g/mol. The Bertz CT molecular complexity index is 686. The lowest BCUT2D eigenvalue weighted by atomic mass is 10.0. The Morgan fingerprint density at radius 2 is 1.81 bits per heavy atom. The lowest BCUT2D eigenvalue weighted by Crippen LogP contribution is -2.28. The van der Waals surface area contributed by atoms with E-state index in [9.17, 15) is 13.6 Å². The van der Waals surface area contributed by atoms with Gasteiger partial charge in [-0.3, -0.25) is 4.79 Å². The Kier molecular flexibility index (Phi) is 4.21. The van der Waals surface area contributed by atoms with Gasteiger partial charge in [-0.25, -0.2) is 8.78 Å². The van der Waals surface area contributed by atoms with Gasteiger partial charge in [0.1, 0.15) is 0 Å². The van der Waals surface area contributed by atoms with Crippen molar-refractivity contribution in [2.45, 2.75) is 19.9 Å². The zero-order valence-electron chi connectivity index (χ0n) is 11.8. The van der Waals surface area contributed by atoms with Crippen LogP contribution >= 0.6 is 0 Å². The lowest BCUT2D eigenvalue weighted by Gasteiger charge is -2.17. The number of nitrogens with one attached hydrogen (secondary N) is 1. The van der Waals surface area contributed by atoms with Gasteiger partial charge in [0.15, 0.2) is 11.6 Å². The van der Waals surface area contributed by atoms with Crippen LogP contribution in [0.25, 0.3) is 0 Å². The first-order chi connectivity index (χ1) is 9.90. The molecule has 5 heteroatoms. The summed E-state index contributed by atoms with van der Waals surface area (Å²) in [5, 5.41) is 2.73. The van der Waals surface area contributed by atoms with Crippen molar-refractivity contribution in [2.24, 2.45) is 0 Å². The van der Waals surface area contributed by atoms with Gasteiger partial charge in [-0.05, 0) is 31.0 Å². The molecule has 21 heavy (non-hydrogen) atoms. The largest absolute Gasteiger partial charge is 0.398 e. The van der Waals surface area contributed by atoms with E-state index in [1.807, 2.05) is 38.1 Å². The normalized spacial score (nSPS) is 12.0. The molecule has 1 unspecified atom stereocenters. The van der Waals surface area contributed by atoms with Crippen LogP contribution in [0.15, 0.2) is 36.4 Å². The molecule has 2 aromatic rings. The van der Waals surface area contributed by atoms with E-state index in [0.29, 0.717) is 0 Å². The van der Waals surface area contributed by atoms with Crippen molar-refractivity contribution in [1.29, 1.82) is 0 Å². The maximum Gasteiger partial charge on any atom is 0.253 e. The van der Waals surface area contributed by atoms with Crippen LogP contribution in [0.1, 0.15) is 34.5 Å². The first-order valence-corrected chi connectivity index (χ1v) is 6.51. The smallest absolute Gasteiger partial charge is 0.253 e. The van der Waals surface area contributed by atoms with Crippen LogP contribution in [0, 0.1) is 18.6 Å². The summed E-state index contributed by atoms with van der Waals surface area (Å²) in [5.74, 6) is -2.71. The number of hydrogen-bond donors (Lipinski definition) is 2. The van der Waals surface area contributed by atoms with Gasteiger partial charge in [-0.2, -0.15) is 0 Å². The zero-order valence-corrected chi connectivity index (χ0v) is 11.8. The van der Waals surface area contributed by atoms with E-state index in [2.05, 4.69) is 5.32 Å². The first-order valence-electron chi connectivity index (χ1n) is 6.51. The van der Waals surface area contributed by atoms with Crippen LogP contribution in [0.4, 0.5) is 14.5 Å². The minimum absolute atomic E-state index is 0.0747. The molecule has 0 aliphatic carbocycles. The van der Waals surface area contributed by atoms with Crippen molar-refractivity contribution in [3.05, 3.63) is 64.7 Å². The number of nitrogen functional groups attached to an aromatic ring is 1. The van der Waals surface area contributed by atoms with Crippen LogP contribution in [0.3, 0.4) is 0 Å².